The summed E-state index contributed by atoms with van der Waals surface area (Å²) in [5.41, 5.74) is 5.04. The minimum Gasteiger partial charge on any atom is -0.348 e. The van der Waals surface area contributed by atoms with Gasteiger partial charge in [-0.15, -0.1) is 11.3 Å². The van der Waals surface area contributed by atoms with E-state index in [0.29, 0.717) is 12.1 Å². The number of benzene rings is 2. The summed E-state index contributed by atoms with van der Waals surface area (Å²) in [6.45, 7) is 4.57. The largest absolute Gasteiger partial charge is 0.348 e. The second-order valence-corrected chi connectivity index (χ2v) is 6.34. The lowest BCUT2D eigenvalue weighted by Crippen LogP contribution is -2.23. The van der Waals surface area contributed by atoms with Gasteiger partial charge in [-0.2, -0.15) is 0 Å². The van der Waals surface area contributed by atoms with Gasteiger partial charge in [0.15, 0.2) is 0 Å². The molecule has 3 rings (SSSR count). The van der Waals surface area contributed by atoms with Gasteiger partial charge in [0.2, 0.25) is 0 Å². The van der Waals surface area contributed by atoms with Crippen LogP contribution in [0.2, 0.25) is 0 Å². The predicted molar refractivity (Wildman–Crippen MR) is 94.6 cm³/mol. The van der Waals surface area contributed by atoms with Crippen LogP contribution in [0.25, 0.3) is 10.6 Å². The van der Waals surface area contributed by atoms with E-state index in [-0.39, 0.29) is 5.91 Å². The van der Waals surface area contributed by atoms with Gasteiger partial charge in [0, 0.05) is 28.7 Å². The molecule has 0 unspecified atom stereocenters. The molecule has 0 fully saturated rings. The highest BCUT2D eigenvalue weighted by Gasteiger charge is 2.08. The average Bonchev–Trinajstić information content (AvgIpc) is 3.00. The smallest absolute Gasteiger partial charge is 0.251 e. The monoisotopic (exact) mass is 322 g/mol. The van der Waals surface area contributed by atoms with Crippen molar-refractivity contribution < 1.29 is 4.79 Å². The molecule has 1 heterocycles. The zero-order chi connectivity index (χ0) is 16.2. The van der Waals surface area contributed by atoms with E-state index in [1.807, 2.05) is 67.8 Å². The Morgan fingerprint density at radius 1 is 1.09 bits per heavy atom. The van der Waals surface area contributed by atoms with E-state index >= 15 is 0 Å². The van der Waals surface area contributed by atoms with Crippen LogP contribution in [0.1, 0.15) is 27.2 Å². The molecule has 0 aliphatic carbocycles. The third-order valence-electron chi connectivity index (χ3n) is 3.71. The first-order chi connectivity index (χ1) is 11.1. The number of rotatable bonds is 4. The Morgan fingerprint density at radius 3 is 2.48 bits per heavy atom. The van der Waals surface area contributed by atoms with Gasteiger partial charge >= 0.3 is 0 Å². The third-order valence-corrected chi connectivity index (χ3v) is 4.72. The molecule has 3 aromatic rings. The molecule has 0 spiro atoms. The lowest BCUT2D eigenvalue weighted by Gasteiger charge is -2.08. The van der Waals surface area contributed by atoms with Crippen molar-refractivity contribution in [1.29, 1.82) is 0 Å². The summed E-state index contributed by atoms with van der Waals surface area (Å²) in [5.74, 6) is -0.0601. The molecule has 0 aliphatic heterocycles. The highest BCUT2D eigenvalue weighted by Crippen LogP contribution is 2.23. The molecule has 0 aliphatic rings. The highest BCUT2D eigenvalue weighted by atomic mass is 32.1. The van der Waals surface area contributed by atoms with Crippen LogP contribution >= 0.6 is 11.3 Å². The third kappa shape index (κ3) is 3.66. The number of thiazole rings is 1. The van der Waals surface area contributed by atoms with E-state index in [1.165, 1.54) is 5.56 Å². The molecule has 0 saturated carbocycles. The summed E-state index contributed by atoms with van der Waals surface area (Å²) in [5, 5.41) is 5.97. The van der Waals surface area contributed by atoms with Crippen LogP contribution in [0.15, 0.2) is 53.9 Å². The van der Waals surface area contributed by atoms with Crippen LogP contribution in [-0.2, 0) is 6.54 Å². The second kappa shape index (κ2) is 6.75. The molecule has 23 heavy (non-hydrogen) atoms. The molecule has 1 amide bonds. The molecule has 0 bridgehead atoms. The van der Waals surface area contributed by atoms with Gasteiger partial charge in [0.25, 0.3) is 5.91 Å². The normalized spacial score (nSPS) is 10.5. The maximum atomic E-state index is 12.3. The van der Waals surface area contributed by atoms with E-state index in [2.05, 4.69) is 10.3 Å². The number of carbonyl (C=O) groups is 1. The minimum absolute atomic E-state index is 0.0601. The van der Waals surface area contributed by atoms with E-state index < -0.39 is 0 Å². The average molecular weight is 322 g/mol. The zero-order valence-electron chi connectivity index (χ0n) is 13.2. The van der Waals surface area contributed by atoms with E-state index in [0.717, 1.165) is 21.8 Å². The molecule has 0 atom stereocenters. The van der Waals surface area contributed by atoms with Crippen LogP contribution in [0.5, 0.6) is 0 Å². The maximum Gasteiger partial charge on any atom is 0.251 e. The number of hydrogen-bond donors (Lipinski definition) is 1. The highest BCUT2D eigenvalue weighted by molar-refractivity contribution is 7.13. The van der Waals surface area contributed by atoms with Crippen LogP contribution in [0.3, 0.4) is 0 Å². The number of aryl methyl sites for hydroxylation is 2. The Bertz CT molecular complexity index is 821. The van der Waals surface area contributed by atoms with Crippen molar-refractivity contribution in [2.75, 3.05) is 0 Å². The number of aromatic nitrogens is 1. The summed E-state index contributed by atoms with van der Waals surface area (Å²) in [6.07, 6.45) is 0. The van der Waals surface area contributed by atoms with Crippen molar-refractivity contribution in [3.8, 4) is 10.6 Å². The predicted octanol–water partition coefficient (Wildman–Crippen LogP) is 4.36. The summed E-state index contributed by atoms with van der Waals surface area (Å²) < 4.78 is 0. The fourth-order valence-corrected chi connectivity index (χ4v) is 3.14. The lowest BCUT2D eigenvalue weighted by molar-refractivity contribution is 0.0951. The Balaban J connectivity index is 1.67. The topological polar surface area (TPSA) is 42.0 Å². The SMILES string of the molecule is Cc1csc(-c2ccc(C(=O)NCc3ccccc3C)cc2)n1. The van der Waals surface area contributed by atoms with Gasteiger partial charge in [0.1, 0.15) is 5.01 Å². The first-order valence-electron chi connectivity index (χ1n) is 7.49. The Morgan fingerprint density at radius 2 is 1.83 bits per heavy atom. The fourth-order valence-electron chi connectivity index (χ4n) is 2.34. The first kappa shape index (κ1) is 15.4. The summed E-state index contributed by atoms with van der Waals surface area (Å²) >= 11 is 1.61. The standard InChI is InChI=1S/C19H18N2OS/c1-13-5-3-4-6-17(13)11-20-18(22)15-7-9-16(10-8-15)19-21-14(2)12-23-19/h3-10,12H,11H2,1-2H3,(H,20,22). The Kier molecular flexibility index (Phi) is 4.53. The Hall–Kier alpha value is -2.46. The van der Waals surface area contributed by atoms with Crippen molar-refractivity contribution in [3.63, 3.8) is 0 Å². The van der Waals surface area contributed by atoms with Crippen molar-refractivity contribution in [2.24, 2.45) is 0 Å². The molecule has 1 N–H and O–H groups in total. The maximum absolute atomic E-state index is 12.3. The Labute approximate surface area is 140 Å². The van der Waals surface area contributed by atoms with Crippen molar-refractivity contribution in [1.82, 2.24) is 10.3 Å². The van der Waals surface area contributed by atoms with Crippen LogP contribution in [-0.4, -0.2) is 10.9 Å². The molecule has 0 saturated heterocycles. The van der Waals surface area contributed by atoms with Gasteiger partial charge in [-0.1, -0.05) is 36.4 Å². The van der Waals surface area contributed by atoms with Crippen LogP contribution in [0, 0.1) is 13.8 Å². The number of nitrogens with zero attached hydrogens (tertiary/aromatic N) is 1. The fraction of sp³-hybridized carbons (Fsp3) is 0.158. The first-order valence-corrected chi connectivity index (χ1v) is 8.37. The molecule has 116 valence electrons. The second-order valence-electron chi connectivity index (χ2n) is 5.48. The number of amides is 1. The van der Waals surface area contributed by atoms with E-state index in [9.17, 15) is 4.79 Å². The molecular weight excluding hydrogens is 304 g/mol. The van der Waals surface area contributed by atoms with Crippen molar-refractivity contribution in [2.45, 2.75) is 20.4 Å². The van der Waals surface area contributed by atoms with Crippen molar-refractivity contribution >= 4 is 17.2 Å². The molecular formula is C19H18N2OS. The molecule has 1 aromatic heterocycles. The number of nitrogens with one attached hydrogen (secondary N) is 1. The van der Waals surface area contributed by atoms with Crippen molar-refractivity contribution in [3.05, 3.63) is 76.3 Å². The molecule has 2 aromatic carbocycles. The quantitative estimate of drug-likeness (QED) is 0.775. The zero-order valence-corrected chi connectivity index (χ0v) is 14.0. The van der Waals surface area contributed by atoms with Gasteiger partial charge in [-0.3, -0.25) is 4.79 Å². The summed E-state index contributed by atoms with van der Waals surface area (Å²) in [4.78, 5) is 16.7. The summed E-state index contributed by atoms with van der Waals surface area (Å²) in [6, 6.07) is 15.6. The van der Waals surface area contributed by atoms with Crippen LogP contribution < -0.4 is 5.32 Å². The van der Waals surface area contributed by atoms with Crippen LogP contribution in [0.4, 0.5) is 0 Å². The summed E-state index contributed by atoms with van der Waals surface area (Å²) in [7, 11) is 0. The number of carbonyl (C=O) groups excluding carboxylic acids is 1. The minimum atomic E-state index is -0.0601. The van der Waals surface area contributed by atoms with E-state index in [4.69, 9.17) is 0 Å². The molecule has 3 nitrogen and oxygen atoms in total. The molecule has 4 heteroatoms. The van der Waals surface area contributed by atoms with E-state index in [1.54, 1.807) is 11.3 Å². The number of hydrogen-bond acceptors (Lipinski definition) is 3. The van der Waals surface area contributed by atoms with Gasteiger partial charge in [0.05, 0.1) is 0 Å². The van der Waals surface area contributed by atoms with Gasteiger partial charge in [-0.05, 0) is 37.1 Å². The van der Waals surface area contributed by atoms with Gasteiger partial charge in [-0.25, -0.2) is 4.98 Å². The lowest BCUT2D eigenvalue weighted by atomic mass is 10.1. The van der Waals surface area contributed by atoms with Gasteiger partial charge < -0.3 is 5.32 Å². The molecule has 0 radical (unpaired) electrons.